The Morgan fingerprint density at radius 2 is 2.12 bits per heavy atom. The summed E-state index contributed by atoms with van der Waals surface area (Å²) in [5, 5.41) is 18.6. The van der Waals surface area contributed by atoms with E-state index in [1.165, 1.54) is 6.33 Å². The van der Waals surface area contributed by atoms with Crippen molar-refractivity contribution in [3.8, 4) is 0 Å². The second kappa shape index (κ2) is 6.48. The molecule has 0 unspecified atom stereocenters. The summed E-state index contributed by atoms with van der Waals surface area (Å²) in [5.74, 6) is -0.261. The van der Waals surface area contributed by atoms with Gasteiger partial charge in [0.05, 0.1) is 30.5 Å². The van der Waals surface area contributed by atoms with Crippen LogP contribution in [0.25, 0.3) is 10.9 Å². The first kappa shape index (κ1) is 14.9. The molecule has 0 atom stereocenters. The van der Waals surface area contributed by atoms with Crippen LogP contribution in [0.1, 0.15) is 21.9 Å². The maximum atomic E-state index is 12.3. The van der Waals surface area contributed by atoms with Gasteiger partial charge in [-0.1, -0.05) is 23.4 Å². The number of rotatable bonds is 5. The fraction of sp³-hybridized carbons (Fsp3) is 0.125. The highest BCUT2D eigenvalue weighted by molar-refractivity contribution is 6.04. The minimum atomic E-state index is -0.261. The first-order chi connectivity index (χ1) is 12.3. The third-order valence-electron chi connectivity index (χ3n) is 3.67. The SMILES string of the molecule is O=C(NCc1cn(Cc2ccncn2)nn1)c1n[nH]c2ccccc12. The summed E-state index contributed by atoms with van der Waals surface area (Å²) in [4.78, 5) is 20.3. The quantitative estimate of drug-likeness (QED) is 0.561. The van der Waals surface area contributed by atoms with Crippen LogP contribution in [0.3, 0.4) is 0 Å². The van der Waals surface area contributed by atoms with E-state index in [1.807, 2.05) is 30.3 Å². The van der Waals surface area contributed by atoms with E-state index < -0.39 is 0 Å². The van der Waals surface area contributed by atoms with E-state index in [4.69, 9.17) is 0 Å². The molecule has 0 spiro atoms. The molecule has 0 saturated carbocycles. The van der Waals surface area contributed by atoms with Gasteiger partial charge in [-0.3, -0.25) is 9.89 Å². The van der Waals surface area contributed by atoms with Gasteiger partial charge in [0, 0.05) is 11.6 Å². The Hall–Kier alpha value is -3.62. The van der Waals surface area contributed by atoms with Gasteiger partial charge in [0.15, 0.2) is 5.69 Å². The van der Waals surface area contributed by atoms with Crippen LogP contribution in [-0.2, 0) is 13.1 Å². The average molecular weight is 334 g/mol. The molecule has 0 aliphatic carbocycles. The molecular formula is C16H14N8O. The standard InChI is InChI=1S/C16H14N8O/c25-16(15-13-3-1-2-4-14(13)21-22-15)18-7-12-9-24(23-20-12)8-11-5-6-17-10-19-11/h1-6,9-10H,7-8H2,(H,18,25)(H,21,22). The van der Waals surface area contributed by atoms with Crippen LogP contribution < -0.4 is 5.32 Å². The molecule has 0 fully saturated rings. The van der Waals surface area contributed by atoms with Gasteiger partial charge in [-0.2, -0.15) is 5.10 Å². The molecule has 3 heterocycles. The lowest BCUT2D eigenvalue weighted by molar-refractivity contribution is 0.0947. The van der Waals surface area contributed by atoms with Crippen LogP contribution in [0.15, 0.2) is 49.1 Å². The molecule has 2 N–H and O–H groups in total. The molecule has 4 aromatic rings. The van der Waals surface area contributed by atoms with E-state index in [9.17, 15) is 4.79 Å². The van der Waals surface area contributed by atoms with Crippen molar-refractivity contribution >= 4 is 16.8 Å². The summed E-state index contributed by atoms with van der Waals surface area (Å²) in [7, 11) is 0. The molecule has 25 heavy (non-hydrogen) atoms. The highest BCUT2D eigenvalue weighted by atomic mass is 16.1. The second-order valence-corrected chi connectivity index (χ2v) is 5.41. The molecule has 1 amide bonds. The summed E-state index contributed by atoms with van der Waals surface area (Å²) in [6, 6.07) is 9.29. The van der Waals surface area contributed by atoms with Crippen molar-refractivity contribution in [2.45, 2.75) is 13.1 Å². The van der Waals surface area contributed by atoms with Crippen molar-refractivity contribution in [1.82, 2.24) is 40.5 Å². The van der Waals surface area contributed by atoms with Crippen molar-refractivity contribution in [2.75, 3.05) is 0 Å². The van der Waals surface area contributed by atoms with Crippen LogP contribution in [0.4, 0.5) is 0 Å². The number of benzene rings is 1. The van der Waals surface area contributed by atoms with Crippen LogP contribution in [0.5, 0.6) is 0 Å². The number of amides is 1. The Labute approximate surface area is 142 Å². The maximum absolute atomic E-state index is 12.3. The van der Waals surface area contributed by atoms with Gasteiger partial charge in [0.25, 0.3) is 5.91 Å². The van der Waals surface area contributed by atoms with Crippen molar-refractivity contribution in [3.05, 3.63) is 66.1 Å². The van der Waals surface area contributed by atoms with Gasteiger partial charge in [-0.15, -0.1) is 5.10 Å². The Bertz CT molecular complexity index is 1010. The van der Waals surface area contributed by atoms with E-state index in [0.29, 0.717) is 17.9 Å². The largest absolute Gasteiger partial charge is 0.345 e. The number of carbonyl (C=O) groups excluding carboxylic acids is 1. The molecule has 124 valence electrons. The number of aromatic amines is 1. The number of carbonyl (C=O) groups is 1. The first-order valence-corrected chi connectivity index (χ1v) is 7.65. The molecule has 9 nitrogen and oxygen atoms in total. The molecule has 3 aromatic heterocycles. The van der Waals surface area contributed by atoms with Gasteiger partial charge < -0.3 is 5.32 Å². The molecule has 4 rings (SSSR count). The Kier molecular flexibility index (Phi) is 3.87. The van der Waals surface area contributed by atoms with Gasteiger partial charge in [0.2, 0.25) is 0 Å². The highest BCUT2D eigenvalue weighted by Crippen LogP contribution is 2.14. The first-order valence-electron chi connectivity index (χ1n) is 7.65. The van der Waals surface area contributed by atoms with Crippen LogP contribution in [0.2, 0.25) is 0 Å². The molecule has 0 aliphatic heterocycles. The van der Waals surface area contributed by atoms with E-state index in [0.717, 1.165) is 16.6 Å². The maximum Gasteiger partial charge on any atom is 0.272 e. The summed E-state index contributed by atoms with van der Waals surface area (Å²) in [6.07, 6.45) is 4.93. The zero-order chi connectivity index (χ0) is 17.1. The van der Waals surface area contributed by atoms with E-state index in [1.54, 1.807) is 17.1 Å². The van der Waals surface area contributed by atoms with Crippen molar-refractivity contribution in [1.29, 1.82) is 0 Å². The normalized spacial score (nSPS) is 10.9. The fourth-order valence-corrected chi connectivity index (χ4v) is 2.47. The lowest BCUT2D eigenvalue weighted by Crippen LogP contribution is -2.23. The third-order valence-corrected chi connectivity index (χ3v) is 3.67. The summed E-state index contributed by atoms with van der Waals surface area (Å²) in [6.45, 7) is 0.761. The summed E-state index contributed by atoms with van der Waals surface area (Å²) >= 11 is 0. The predicted octanol–water partition coefficient (Wildman–Crippen LogP) is 0.923. The number of hydrogen-bond donors (Lipinski definition) is 2. The van der Waals surface area contributed by atoms with Gasteiger partial charge in [-0.05, 0) is 12.1 Å². The second-order valence-electron chi connectivity index (χ2n) is 5.41. The molecule has 0 saturated heterocycles. The number of nitrogens with zero attached hydrogens (tertiary/aromatic N) is 6. The molecule has 0 radical (unpaired) electrons. The predicted molar refractivity (Wildman–Crippen MR) is 88.4 cm³/mol. The zero-order valence-corrected chi connectivity index (χ0v) is 13.1. The van der Waals surface area contributed by atoms with Gasteiger partial charge in [-0.25, -0.2) is 14.6 Å². The van der Waals surface area contributed by atoms with E-state index in [-0.39, 0.29) is 12.5 Å². The lowest BCUT2D eigenvalue weighted by atomic mass is 10.2. The average Bonchev–Trinajstić information content (AvgIpc) is 3.27. The number of para-hydroxylation sites is 1. The summed E-state index contributed by atoms with van der Waals surface area (Å²) in [5.41, 5.74) is 2.67. The van der Waals surface area contributed by atoms with Gasteiger partial charge in [0.1, 0.15) is 12.0 Å². The molecule has 0 aliphatic rings. The highest BCUT2D eigenvalue weighted by Gasteiger charge is 2.14. The molecule has 0 bridgehead atoms. The van der Waals surface area contributed by atoms with Crippen LogP contribution in [-0.4, -0.2) is 41.1 Å². The minimum absolute atomic E-state index is 0.261. The topological polar surface area (TPSA) is 114 Å². The molecular weight excluding hydrogens is 320 g/mol. The van der Waals surface area contributed by atoms with E-state index >= 15 is 0 Å². The Morgan fingerprint density at radius 1 is 1.20 bits per heavy atom. The fourth-order valence-electron chi connectivity index (χ4n) is 2.47. The van der Waals surface area contributed by atoms with Crippen molar-refractivity contribution < 1.29 is 4.79 Å². The summed E-state index contributed by atoms with van der Waals surface area (Å²) < 4.78 is 1.66. The number of hydrogen-bond acceptors (Lipinski definition) is 6. The van der Waals surface area contributed by atoms with Crippen molar-refractivity contribution in [3.63, 3.8) is 0 Å². The van der Waals surface area contributed by atoms with Crippen LogP contribution in [0, 0.1) is 0 Å². The molecule has 1 aromatic carbocycles. The number of aromatic nitrogens is 7. The van der Waals surface area contributed by atoms with Crippen molar-refractivity contribution in [2.24, 2.45) is 0 Å². The lowest BCUT2D eigenvalue weighted by Gasteiger charge is -2.00. The number of nitrogens with one attached hydrogen (secondary N) is 2. The smallest absolute Gasteiger partial charge is 0.272 e. The monoisotopic (exact) mass is 334 g/mol. The zero-order valence-electron chi connectivity index (χ0n) is 13.1. The van der Waals surface area contributed by atoms with Gasteiger partial charge >= 0.3 is 0 Å². The Balaban J connectivity index is 1.41. The molecule has 9 heteroatoms. The third kappa shape index (κ3) is 3.20. The number of fused-ring (bicyclic) bond motifs is 1. The minimum Gasteiger partial charge on any atom is -0.345 e. The van der Waals surface area contributed by atoms with E-state index in [2.05, 4.69) is 35.8 Å². The van der Waals surface area contributed by atoms with Crippen LogP contribution >= 0.6 is 0 Å². The number of H-pyrrole nitrogens is 1. The Morgan fingerprint density at radius 3 is 3.00 bits per heavy atom.